The zero-order valence-corrected chi connectivity index (χ0v) is 24.6. The van der Waals surface area contributed by atoms with E-state index in [2.05, 4.69) is 5.32 Å². The van der Waals surface area contributed by atoms with Crippen LogP contribution < -0.4 is 19.1 Å². The number of carbonyl (C=O) groups is 2. The van der Waals surface area contributed by atoms with E-state index in [0.717, 1.165) is 16.4 Å². The molecule has 0 saturated heterocycles. The second kappa shape index (κ2) is 13.0. The molecule has 3 aromatic rings. The minimum atomic E-state index is -4.39. The number of nitrogens with zero attached hydrogens (tertiary/aromatic N) is 2. The number of benzene rings is 3. The van der Waals surface area contributed by atoms with Gasteiger partial charge < -0.3 is 19.7 Å². The molecule has 0 radical (unpaired) electrons. The van der Waals surface area contributed by atoms with Gasteiger partial charge in [-0.15, -0.1) is 0 Å². The topological polar surface area (TPSA) is 105 Å². The molecule has 4 rings (SSSR count). The largest absolute Gasteiger partial charge is 0.486 e. The highest BCUT2D eigenvalue weighted by atomic mass is 35.5. The minimum Gasteiger partial charge on any atom is -0.486 e. The van der Waals surface area contributed by atoms with Crippen molar-refractivity contribution in [2.75, 3.05) is 30.6 Å². The number of rotatable bonds is 10. The molecular weight excluding hydrogens is 596 g/mol. The molecule has 0 aromatic heterocycles. The maximum Gasteiger partial charge on any atom is 0.264 e. The second-order valence-electron chi connectivity index (χ2n) is 9.12. The number of sulfonamides is 1. The van der Waals surface area contributed by atoms with Crippen molar-refractivity contribution in [2.45, 2.75) is 31.3 Å². The molecule has 1 heterocycles. The number of anilines is 1. The summed E-state index contributed by atoms with van der Waals surface area (Å²) in [5, 5.41) is 3.35. The first-order valence-electron chi connectivity index (χ1n) is 12.7. The average molecular weight is 625 g/mol. The Kier molecular flexibility index (Phi) is 9.62. The van der Waals surface area contributed by atoms with E-state index in [-0.39, 0.29) is 34.5 Å². The highest BCUT2D eigenvalue weighted by molar-refractivity contribution is 7.92. The van der Waals surface area contributed by atoms with Crippen LogP contribution in [-0.4, -0.2) is 57.5 Å². The van der Waals surface area contributed by atoms with Crippen molar-refractivity contribution < 1.29 is 31.9 Å². The molecule has 0 saturated carbocycles. The Bertz CT molecular complexity index is 1540. The van der Waals surface area contributed by atoms with Crippen LogP contribution in [-0.2, 0) is 26.2 Å². The lowest BCUT2D eigenvalue weighted by atomic mass is 10.1. The zero-order chi connectivity index (χ0) is 29.7. The van der Waals surface area contributed by atoms with Gasteiger partial charge in [0.05, 0.1) is 10.6 Å². The summed E-state index contributed by atoms with van der Waals surface area (Å²) in [6.45, 7) is 3.37. The fourth-order valence-corrected chi connectivity index (χ4v) is 6.08. The number of likely N-dealkylation sites (N-methyl/N-ethyl adjacent to an activating group) is 1. The quantitative estimate of drug-likeness (QED) is 0.352. The van der Waals surface area contributed by atoms with Crippen molar-refractivity contribution in [3.63, 3.8) is 0 Å². The third kappa shape index (κ3) is 7.03. The summed E-state index contributed by atoms with van der Waals surface area (Å²) in [6.07, 6.45) is 0. The molecule has 2 amide bonds. The number of hydrogen-bond acceptors (Lipinski definition) is 6. The Morgan fingerprint density at radius 1 is 1.00 bits per heavy atom. The van der Waals surface area contributed by atoms with E-state index in [1.165, 1.54) is 48.2 Å². The van der Waals surface area contributed by atoms with E-state index in [1.54, 1.807) is 19.1 Å². The Morgan fingerprint density at radius 3 is 2.34 bits per heavy atom. The molecule has 1 N–H and O–H groups in total. The highest BCUT2D eigenvalue weighted by Crippen LogP contribution is 2.34. The lowest BCUT2D eigenvalue weighted by Gasteiger charge is -2.32. The predicted molar refractivity (Wildman–Crippen MR) is 154 cm³/mol. The van der Waals surface area contributed by atoms with Gasteiger partial charge in [0.25, 0.3) is 10.0 Å². The predicted octanol–water partition coefficient (Wildman–Crippen LogP) is 4.65. The summed E-state index contributed by atoms with van der Waals surface area (Å²) in [7, 11) is -4.39. The zero-order valence-electron chi connectivity index (χ0n) is 22.3. The van der Waals surface area contributed by atoms with Crippen molar-refractivity contribution >= 4 is 50.7 Å². The molecule has 13 heteroatoms. The number of amides is 2. The van der Waals surface area contributed by atoms with E-state index in [1.807, 2.05) is 0 Å². The summed E-state index contributed by atoms with van der Waals surface area (Å²) in [5.74, 6) is -1.08. The van der Waals surface area contributed by atoms with Gasteiger partial charge in [0.2, 0.25) is 11.8 Å². The second-order valence-corrected chi connectivity index (χ2v) is 11.8. The van der Waals surface area contributed by atoms with Gasteiger partial charge in [0.15, 0.2) is 11.5 Å². The fraction of sp³-hybridized carbons (Fsp3) is 0.286. The molecular formula is C28H28Cl2FN3O6S. The Balaban J connectivity index is 1.73. The van der Waals surface area contributed by atoms with E-state index in [0.29, 0.717) is 29.5 Å². The Morgan fingerprint density at radius 2 is 1.68 bits per heavy atom. The van der Waals surface area contributed by atoms with Gasteiger partial charge in [0.1, 0.15) is 31.6 Å². The molecule has 0 bridgehead atoms. The average Bonchev–Trinajstić information content (AvgIpc) is 2.95. The van der Waals surface area contributed by atoms with E-state index < -0.39 is 40.2 Å². The third-order valence-electron chi connectivity index (χ3n) is 6.37. The van der Waals surface area contributed by atoms with E-state index >= 15 is 0 Å². The van der Waals surface area contributed by atoms with Crippen molar-refractivity contribution in [3.8, 4) is 11.5 Å². The van der Waals surface area contributed by atoms with Gasteiger partial charge in [-0.25, -0.2) is 12.8 Å². The van der Waals surface area contributed by atoms with Crippen LogP contribution in [0.15, 0.2) is 65.6 Å². The molecule has 1 aliphatic heterocycles. The molecule has 1 aliphatic rings. The molecule has 0 fully saturated rings. The Hall–Kier alpha value is -3.54. The van der Waals surface area contributed by atoms with Crippen LogP contribution >= 0.6 is 23.2 Å². The van der Waals surface area contributed by atoms with Crippen LogP contribution in [0.5, 0.6) is 11.5 Å². The first-order chi connectivity index (χ1) is 19.5. The van der Waals surface area contributed by atoms with E-state index in [4.69, 9.17) is 32.7 Å². The van der Waals surface area contributed by atoms with Crippen LogP contribution in [0.2, 0.25) is 10.0 Å². The first-order valence-corrected chi connectivity index (χ1v) is 14.9. The maximum absolute atomic E-state index is 14.0. The summed E-state index contributed by atoms with van der Waals surface area (Å²) >= 11 is 12.4. The van der Waals surface area contributed by atoms with Gasteiger partial charge in [-0.1, -0.05) is 29.3 Å². The van der Waals surface area contributed by atoms with E-state index in [9.17, 15) is 22.4 Å². The normalized spacial score (nSPS) is 13.3. The summed E-state index contributed by atoms with van der Waals surface area (Å²) < 4.78 is 53.6. The number of carbonyl (C=O) groups excluding carboxylic acids is 2. The van der Waals surface area contributed by atoms with Crippen molar-refractivity contribution in [1.82, 2.24) is 10.2 Å². The van der Waals surface area contributed by atoms with Crippen molar-refractivity contribution in [2.24, 2.45) is 0 Å². The number of ether oxygens (including phenoxy) is 2. The summed E-state index contributed by atoms with van der Waals surface area (Å²) in [4.78, 5) is 27.8. The van der Waals surface area contributed by atoms with Crippen LogP contribution in [0.25, 0.3) is 0 Å². The first kappa shape index (κ1) is 30.4. The molecule has 1 atom stereocenters. The molecule has 218 valence electrons. The van der Waals surface area contributed by atoms with Crippen LogP contribution in [0.1, 0.15) is 19.4 Å². The number of halogens is 3. The van der Waals surface area contributed by atoms with Gasteiger partial charge in [-0.3, -0.25) is 13.9 Å². The lowest BCUT2D eigenvalue weighted by Crippen LogP contribution is -2.51. The van der Waals surface area contributed by atoms with Gasteiger partial charge in [-0.05, 0) is 67.9 Å². The summed E-state index contributed by atoms with van der Waals surface area (Å²) in [5.41, 5.74) is 0.549. The van der Waals surface area contributed by atoms with Crippen LogP contribution in [0.4, 0.5) is 10.1 Å². The van der Waals surface area contributed by atoms with Gasteiger partial charge in [0, 0.05) is 29.2 Å². The standard InChI is InChI=1S/C28H28Cl2FN3O6S/c1-3-32-28(36)18(2)33(16-19-4-5-20(29)14-24(19)30)27(35)17-34(22-8-6-21(31)7-9-22)41(37,38)23-10-11-25-26(15-23)40-13-12-39-25/h4-11,14-15,18H,3,12-13,16-17H2,1-2H3,(H,32,36)/t18-/m0/s1. The third-order valence-corrected chi connectivity index (χ3v) is 8.73. The SMILES string of the molecule is CCNC(=O)[C@H](C)N(Cc1ccc(Cl)cc1Cl)C(=O)CN(c1ccc(F)cc1)S(=O)(=O)c1ccc2c(c1)OCCO2. The van der Waals surface area contributed by atoms with Crippen LogP contribution in [0.3, 0.4) is 0 Å². The number of nitrogens with one attached hydrogen (secondary N) is 1. The molecule has 0 spiro atoms. The number of fused-ring (bicyclic) bond motifs is 1. The highest BCUT2D eigenvalue weighted by Gasteiger charge is 2.33. The summed E-state index contributed by atoms with van der Waals surface area (Å²) in [6, 6.07) is 12.6. The van der Waals surface area contributed by atoms with Crippen LogP contribution in [0, 0.1) is 5.82 Å². The molecule has 0 aliphatic carbocycles. The van der Waals surface area contributed by atoms with Crippen molar-refractivity contribution in [3.05, 3.63) is 82.1 Å². The maximum atomic E-state index is 14.0. The molecule has 0 unspecified atom stereocenters. The smallest absolute Gasteiger partial charge is 0.264 e. The lowest BCUT2D eigenvalue weighted by molar-refractivity contribution is -0.139. The van der Waals surface area contributed by atoms with Crippen molar-refractivity contribution in [1.29, 1.82) is 0 Å². The fourth-order valence-electron chi connectivity index (χ4n) is 4.19. The minimum absolute atomic E-state index is 0.0461. The number of hydrogen-bond donors (Lipinski definition) is 1. The van der Waals surface area contributed by atoms with Gasteiger partial charge >= 0.3 is 0 Å². The molecule has 3 aromatic carbocycles. The monoisotopic (exact) mass is 623 g/mol. The molecule has 9 nitrogen and oxygen atoms in total. The Labute approximate surface area is 247 Å². The molecule has 41 heavy (non-hydrogen) atoms. The van der Waals surface area contributed by atoms with Gasteiger partial charge in [-0.2, -0.15) is 0 Å².